The summed E-state index contributed by atoms with van der Waals surface area (Å²) in [6.45, 7) is 2.11. The standard InChI is InChI=1S/C21H27BN2O8/c1-14(25)8-9-18(26)23-17-12-15-6-5-7-16(19(15)32-22(17)29)20(27)30-13-31-21(28)24-10-3-2-4-11-24/h5-7,17,29H,2-4,8-13H2,1H3,(H,23,26). The summed E-state index contributed by atoms with van der Waals surface area (Å²) in [5, 5.41) is 13.0. The zero-order chi connectivity index (χ0) is 23.1. The van der Waals surface area contributed by atoms with E-state index < -0.39 is 31.9 Å². The minimum absolute atomic E-state index is 0.0218. The van der Waals surface area contributed by atoms with Crippen molar-refractivity contribution in [1.29, 1.82) is 0 Å². The van der Waals surface area contributed by atoms with Crippen molar-refractivity contribution in [1.82, 2.24) is 10.2 Å². The Labute approximate surface area is 186 Å². The number of amides is 2. The first-order valence-corrected chi connectivity index (χ1v) is 10.7. The number of ether oxygens (including phenoxy) is 2. The van der Waals surface area contributed by atoms with Crippen LogP contribution in [0.5, 0.6) is 5.75 Å². The quantitative estimate of drug-likeness (QED) is 0.363. The lowest BCUT2D eigenvalue weighted by Gasteiger charge is -2.29. The van der Waals surface area contributed by atoms with Crippen LogP contribution in [0.4, 0.5) is 4.79 Å². The fourth-order valence-corrected chi connectivity index (χ4v) is 3.66. The van der Waals surface area contributed by atoms with Gasteiger partial charge in [0.15, 0.2) is 0 Å². The number of nitrogens with one attached hydrogen (secondary N) is 1. The van der Waals surface area contributed by atoms with Crippen LogP contribution in [0.15, 0.2) is 18.2 Å². The van der Waals surface area contributed by atoms with Gasteiger partial charge in [-0.25, -0.2) is 9.59 Å². The molecule has 3 rings (SSSR count). The van der Waals surface area contributed by atoms with Crippen molar-refractivity contribution in [3.63, 3.8) is 0 Å². The Balaban J connectivity index is 1.56. The third-order valence-electron chi connectivity index (χ3n) is 5.38. The maximum atomic E-state index is 12.5. The second-order valence-electron chi connectivity index (χ2n) is 7.89. The van der Waals surface area contributed by atoms with Crippen molar-refractivity contribution >= 4 is 30.9 Å². The Hall–Kier alpha value is -3.08. The topological polar surface area (TPSA) is 131 Å². The summed E-state index contributed by atoms with van der Waals surface area (Å²) in [6.07, 6.45) is 2.76. The Morgan fingerprint density at radius 1 is 1.16 bits per heavy atom. The predicted octanol–water partition coefficient (Wildman–Crippen LogP) is 1.23. The number of rotatable bonds is 7. The number of benzene rings is 1. The minimum atomic E-state index is -1.38. The summed E-state index contributed by atoms with van der Waals surface area (Å²) in [5.41, 5.74) is 0.684. The van der Waals surface area contributed by atoms with Crippen LogP contribution < -0.4 is 9.97 Å². The molecule has 0 aromatic heterocycles. The lowest BCUT2D eigenvalue weighted by molar-refractivity contribution is -0.124. The molecule has 0 bridgehead atoms. The number of likely N-dealkylation sites (tertiary alicyclic amines) is 1. The highest BCUT2D eigenvalue weighted by molar-refractivity contribution is 6.47. The number of Topliss-reactive ketones (excluding diaryl/α,β-unsaturated/α-hetero) is 1. The zero-order valence-corrected chi connectivity index (χ0v) is 18.0. The van der Waals surface area contributed by atoms with Crippen LogP contribution >= 0.6 is 0 Å². The summed E-state index contributed by atoms with van der Waals surface area (Å²) in [7, 11) is -1.38. The molecule has 10 nitrogen and oxygen atoms in total. The molecule has 0 radical (unpaired) electrons. The molecule has 11 heteroatoms. The maximum absolute atomic E-state index is 12.5. The highest BCUT2D eigenvalue weighted by Gasteiger charge is 2.38. The second-order valence-corrected chi connectivity index (χ2v) is 7.89. The lowest BCUT2D eigenvalue weighted by Crippen LogP contribution is -2.53. The molecule has 0 aliphatic carbocycles. The van der Waals surface area contributed by atoms with E-state index in [1.807, 2.05) is 0 Å². The number of hydrogen-bond donors (Lipinski definition) is 2. The van der Waals surface area contributed by atoms with Crippen molar-refractivity contribution < 1.29 is 38.3 Å². The first-order chi connectivity index (χ1) is 15.3. The van der Waals surface area contributed by atoms with Gasteiger partial charge in [0.2, 0.25) is 12.7 Å². The van der Waals surface area contributed by atoms with E-state index in [1.54, 1.807) is 17.0 Å². The minimum Gasteiger partial charge on any atom is -0.534 e. The van der Waals surface area contributed by atoms with Crippen LogP contribution in [-0.4, -0.2) is 66.6 Å². The maximum Gasteiger partial charge on any atom is 0.547 e. The van der Waals surface area contributed by atoms with Crippen molar-refractivity contribution in [2.24, 2.45) is 0 Å². The highest BCUT2D eigenvalue weighted by atomic mass is 16.7. The number of piperidine rings is 1. The summed E-state index contributed by atoms with van der Waals surface area (Å²) >= 11 is 0. The van der Waals surface area contributed by atoms with Gasteiger partial charge in [0, 0.05) is 25.9 Å². The number of carbonyl (C=O) groups excluding carboxylic acids is 4. The van der Waals surface area contributed by atoms with E-state index in [4.69, 9.17) is 14.1 Å². The fraction of sp³-hybridized carbons (Fsp3) is 0.524. The van der Waals surface area contributed by atoms with E-state index in [-0.39, 0.29) is 42.3 Å². The number of para-hydroxylation sites is 1. The Morgan fingerprint density at radius 2 is 1.91 bits per heavy atom. The number of fused-ring (bicyclic) bond motifs is 1. The molecule has 1 saturated heterocycles. The molecule has 0 spiro atoms. The Kier molecular flexibility index (Phi) is 8.10. The van der Waals surface area contributed by atoms with Gasteiger partial charge in [-0.15, -0.1) is 0 Å². The van der Waals surface area contributed by atoms with Gasteiger partial charge in [-0.3, -0.25) is 4.79 Å². The molecule has 172 valence electrons. The van der Waals surface area contributed by atoms with Crippen molar-refractivity contribution in [3.05, 3.63) is 29.3 Å². The van der Waals surface area contributed by atoms with Crippen LogP contribution in [0.2, 0.25) is 0 Å². The molecule has 1 aromatic rings. The van der Waals surface area contributed by atoms with Gasteiger partial charge in [0.25, 0.3) is 0 Å². The first-order valence-electron chi connectivity index (χ1n) is 10.7. The highest BCUT2D eigenvalue weighted by Crippen LogP contribution is 2.30. The molecule has 32 heavy (non-hydrogen) atoms. The third-order valence-corrected chi connectivity index (χ3v) is 5.38. The van der Waals surface area contributed by atoms with Gasteiger partial charge in [0.05, 0.1) is 5.94 Å². The van der Waals surface area contributed by atoms with Crippen molar-refractivity contribution in [3.8, 4) is 5.75 Å². The summed E-state index contributed by atoms with van der Waals surface area (Å²) in [6, 6.07) is 4.82. The van der Waals surface area contributed by atoms with Crippen LogP contribution in [0.3, 0.4) is 0 Å². The molecular weight excluding hydrogens is 419 g/mol. The van der Waals surface area contributed by atoms with E-state index in [0.717, 1.165) is 19.3 Å². The fourth-order valence-electron chi connectivity index (χ4n) is 3.66. The van der Waals surface area contributed by atoms with Gasteiger partial charge in [-0.2, -0.15) is 0 Å². The number of ketones is 1. The van der Waals surface area contributed by atoms with E-state index in [1.165, 1.54) is 13.0 Å². The van der Waals surface area contributed by atoms with Crippen LogP contribution in [0, 0.1) is 0 Å². The van der Waals surface area contributed by atoms with Gasteiger partial charge in [-0.1, -0.05) is 12.1 Å². The largest absolute Gasteiger partial charge is 0.547 e. The molecule has 2 aliphatic rings. The van der Waals surface area contributed by atoms with Crippen LogP contribution in [0.1, 0.15) is 54.9 Å². The van der Waals surface area contributed by atoms with Gasteiger partial charge in [-0.05, 0) is 44.2 Å². The Morgan fingerprint density at radius 3 is 2.62 bits per heavy atom. The molecule has 2 aliphatic heterocycles. The summed E-state index contributed by atoms with van der Waals surface area (Å²) in [4.78, 5) is 49.1. The van der Waals surface area contributed by atoms with Crippen LogP contribution in [-0.2, 0) is 25.5 Å². The molecule has 1 unspecified atom stereocenters. The van der Waals surface area contributed by atoms with E-state index in [9.17, 15) is 24.2 Å². The molecule has 0 saturated carbocycles. The van der Waals surface area contributed by atoms with E-state index >= 15 is 0 Å². The zero-order valence-electron chi connectivity index (χ0n) is 18.0. The van der Waals surface area contributed by atoms with Crippen molar-refractivity contribution in [2.75, 3.05) is 19.9 Å². The molecule has 1 atom stereocenters. The number of carbonyl (C=O) groups is 4. The average molecular weight is 446 g/mol. The monoisotopic (exact) mass is 446 g/mol. The van der Waals surface area contributed by atoms with Gasteiger partial charge in [0.1, 0.15) is 17.1 Å². The second kappa shape index (κ2) is 11.0. The summed E-state index contributed by atoms with van der Waals surface area (Å²) < 4.78 is 15.6. The lowest BCUT2D eigenvalue weighted by atomic mass is 9.72. The predicted molar refractivity (Wildman–Crippen MR) is 113 cm³/mol. The van der Waals surface area contributed by atoms with E-state index in [2.05, 4.69) is 5.32 Å². The van der Waals surface area contributed by atoms with E-state index in [0.29, 0.717) is 18.7 Å². The summed E-state index contributed by atoms with van der Waals surface area (Å²) in [5.74, 6) is -1.80. The normalized spacial score (nSPS) is 17.6. The van der Waals surface area contributed by atoms with Crippen LogP contribution in [0.25, 0.3) is 0 Å². The smallest absolute Gasteiger partial charge is 0.534 e. The number of nitrogens with zero attached hydrogens (tertiary/aromatic N) is 1. The average Bonchev–Trinajstić information content (AvgIpc) is 2.78. The molecule has 2 amide bonds. The van der Waals surface area contributed by atoms with Gasteiger partial charge < -0.3 is 34.2 Å². The molecule has 2 N–H and O–H groups in total. The van der Waals surface area contributed by atoms with Gasteiger partial charge >= 0.3 is 19.2 Å². The number of hydrogen-bond acceptors (Lipinski definition) is 8. The SMILES string of the molecule is CC(=O)CCC(=O)NC1Cc2cccc(C(=O)OCOC(=O)N3CCCCC3)c2OB1O. The first kappa shape index (κ1) is 23.6. The third kappa shape index (κ3) is 6.22. The molecule has 1 aromatic carbocycles. The molecular formula is C21H27BN2O8. The Bertz CT molecular complexity index is 871. The molecule has 1 fully saturated rings. The molecule has 2 heterocycles. The van der Waals surface area contributed by atoms with Crippen molar-refractivity contribution in [2.45, 2.75) is 51.4 Å². The number of esters is 1.